The lowest BCUT2D eigenvalue weighted by Crippen LogP contribution is -2.25. The molecule has 136 valence electrons. The van der Waals surface area contributed by atoms with Crippen LogP contribution in [0.25, 0.3) is 11.0 Å². The van der Waals surface area contributed by atoms with Gasteiger partial charge >= 0.3 is 0 Å². The maximum absolute atomic E-state index is 13.2. The summed E-state index contributed by atoms with van der Waals surface area (Å²) < 4.78 is 12.2. The minimum atomic E-state index is -0.528. The summed E-state index contributed by atoms with van der Waals surface area (Å²) in [5.41, 5.74) is 1.34. The number of benzene rings is 2. The molecule has 0 spiro atoms. The normalized spacial score (nSPS) is 15.9. The molecule has 0 fully saturated rings. The molecular formula is C21H16BrNO4. The van der Waals surface area contributed by atoms with E-state index in [2.05, 4.69) is 22.5 Å². The molecule has 0 saturated carbocycles. The molecule has 5 nitrogen and oxygen atoms in total. The average molecular weight is 426 g/mol. The first-order valence-electron chi connectivity index (χ1n) is 8.38. The Hall–Kier alpha value is -2.86. The van der Waals surface area contributed by atoms with E-state index >= 15 is 0 Å². The van der Waals surface area contributed by atoms with Crippen LogP contribution < -0.4 is 10.2 Å². The van der Waals surface area contributed by atoms with Gasteiger partial charge in [-0.3, -0.25) is 9.59 Å². The van der Waals surface area contributed by atoms with Crippen molar-refractivity contribution in [3.8, 4) is 5.75 Å². The molecule has 1 aliphatic rings. The number of halogens is 1. The second-order valence-corrected chi connectivity index (χ2v) is 7.22. The van der Waals surface area contributed by atoms with E-state index in [-0.39, 0.29) is 17.1 Å². The molecule has 0 aliphatic carbocycles. The lowest BCUT2D eigenvalue weighted by atomic mass is 9.98. The van der Waals surface area contributed by atoms with Gasteiger partial charge in [-0.1, -0.05) is 40.7 Å². The minimum Gasteiger partial charge on any atom is -0.490 e. The Labute approximate surface area is 164 Å². The highest BCUT2D eigenvalue weighted by Gasteiger charge is 2.40. The van der Waals surface area contributed by atoms with Crippen molar-refractivity contribution in [2.75, 3.05) is 13.7 Å². The Morgan fingerprint density at radius 3 is 2.85 bits per heavy atom. The summed E-state index contributed by atoms with van der Waals surface area (Å²) in [4.78, 5) is 27.5. The molecule has 2 heterocycles. The van der Waals surface area contributed by atoms with Crippen LogP contribution in [-0.4, -0.2) is 24.5 Å². The molecule has 1 atom stereocenters. The zero-order chi connectivity index (χ0) is 19.1. The maximum atomic E-state index is 13.2. The maximum Gasteiger partial charge on any atom is 0.290 e. The first-order chi connectivity index (χ1) is 13.0. The van der Waals surface area contributed by atoms with Gasteiger partial charge < -0.3 is 14.1 Å². The van der Waals surface area contributed by atoms with E-state index in [9.17, 15) is 9.59 Å². The van der Waals surface area contributed by atoms with E-state index < -0.39 is 6.04 Å². The van der Waals surface area contributed by atoms with Crippen molar-refractivity contribution in [2.24, 2.45) is 0 Å². The third-order valence-electron chi connectivity index (χ3n) is 4.60. The molecule has 0 bridgehead atoms. The predicted octanol–water partition coefficient (Wildman–Crippen LogP) is 4.30. The van der Waals surface area contributed by atoms with Gasteiger partial charge in [-0.25, -0.2) is 0 Å². The lowest BCUT2D eigenvalue weighted by molar-refractivity contribution is 0.0771. The number of rotatable bonds is 4. The van der Waals surface area contributed by atoms with Crippen molar-refractivity contribution in [3.63, 3.8) is 0 Å². The highest BCUT2D eigenvalue weighted by Crippen LogP contribution is 2.38. The molecule has 27 heavy (non-hydrogen) atoms. The highest BCUT2D eigenvalue weighted by atomic mass is 79.9. The van der Waals surface area contributed by atoms with Crippen molar-refractivity contribution >= 4 is 32.8 Å². The van der Waals surface area contributed by atoms with Gasteiger partial charge in [-0.15, -0.1) is 0 Å². The van der Waals surface area contributed by atoms with Gasteiger partial charge in [0.2, 0.25) is 5.76 Å². The Balaban J connectivity index is 1.91. The number of carbonyl (C=O) groups excluding carboxylic acids is 1. The van der Waals surface area contributed by atoms with Crippen LogP contribution in [0.15, 0.2) is 68.8 Å². The average Bonchev–Trinajstić information content (AvgIpc) is 2.92. The molecular weight excluding hydrogens is 410 g/mol. The van der Waals surface area contributed by atoms with Gasteiger partial charge in [0.1, 0.15) is 17.9 Å². The van der Waals surface area contributed by atoms with Crippen molar-refractivity contribution in [2.45, 2.75) is 6.04 Å². The van der Waals surface area contributed by atoms with Crippen LogP contribution in [-0.2, 0) is 0 Å². The number of amides is 1. The molecule has 2 aromatic carbocycles. The predicted molar refractivity (Wildman–Crippen MR) is 106 cm³/mol. The van der Waals surface area contributed by atoms with Crippen molar-refractivity contribution in [1.82, 2.24) is 4.90 Å². The first kappa shape index (κ1) is 17.5. The molecule has 0 saturated heterocycles. The SMILES string of the molecule is C=CCOc1cccc(C2c3c(oc4ccc(Br)cc4c3=O)C(=O)N2C)c1. The zero-order valence-electron chi connectivity index (χ0n) is 14.6. The van der Waals surface area contributed by atoms with E-state index in [4.69, 9.17) is 9.15 Å². The molecule has 0 N–H and O–H groups in total. The quantitative estimate of drug-likeness (QED) is 0.584. The number of nitrogens with zero attached hydrogens (tertiary/aromatic N) is 1. The Morgan fingerprint density at radius 1 is 1.26 bits per heavy atom. The summed E-state index contributed by atoms with van der Waals surface area (Å²) in [6, 6.07) is 12.0. The minimum absolute atomic E-state index is 0.0970. The van der Waals surface area contributed by atoms with Crippen LogP contribution in [0.5, 0.6) is 5.75 Å². The molecule has 3 aromatic rings. The first-order valence-corrected chi connectivity index (χ1v) is 9.17. The zero-order valence-corrected chi connectivity index (χ0v) is 16.2. The monoisotopic (exact) mass is 425 g/mol. The molecule has 4 rings (SSSR count). The van der Waals surface area contributed by atoms with Gasteiger partial charge in [-0.05, 0) is 35.9 Å². The number of hydrogen-bond donors (Lipinski definition) is 0. The van der Waals surface area contributed by atoms with Crippen LogP contribution in [0.4, 0.5) is 0 Å². The number of ether oxygens (including phenoxy) is 1. The van der Waals surface area contributed by atoms with Crippen LogP contribution in [0.2, 0.25) is 0 Å². The van der Waals surface area contributed by atoms with Gasteiger partial charge in [0.15, 0.2) is 5.43 Å². The Kier molecular flexibility index (Phi) is 4.36. The Bertz CT molecular complexity index is 1130. The van der Waals surface area contributed by atoms with E-state index in [0.717, 1.165) is 10.0 Å². The summed E-state index contributed by atoms with van der Waals surface area (Å²) in [6.07, 6.45) is 1.66. The van der Waals surface area contributed by atoms with Crippen molar-refractivity contribution in [1.29, 1.82) is 0 Å². The smallest absolute Gasteiger partial charge is 0.290 e. The largest absolute Gasteiger partial charge is 0.490 e. The summed E-state index contributed by atoms with van der Waals surface area (Å²) >= 11 is 3.38. The summed E-state index contributed by atoms with van der Waals surface area (Å²) in [7, 11) is 1.67. The second-order valence-electron chi connectivity index (χ2n) is 6.31. The Morgan fingerprint density at radius 2 is 2.07 bits per heavy atom. The van der Waals surface area contributed by atoms with E-state index in [1.165, 1.54) is 4.90 Å². The van der Waals surface area contributed by atoms with Gasteiger partial charge in [0.05, 0.1) is 17.0 Å². The number of hydrogen-bond acceptors (Lipinski definition) is 4. The standard InChI is InChI=1S/C21H16BrNO4/c1-3-9-26-14-6-4-5-12(10-14)18-17-19(24)15-11-13(22)7-8-16(15)27-20(17)21(25)23(18)2/h3-8,10-11,18H,1,9H2,2H3. The molecule has 1 unspecified atom stereocenters. The summed E-state index contributed by atoms with van der Waals surface area (Å²) in [5.74, 6) is 0.434. The molecule has 1 amide bonds. The third-order valence-corrected chi connectivity index (χ3v) is 5.10. The van der Waals surface area contributed by atoms with Crippen LogP contribution in [0.3, 0.4) is 0 Å². The van der Waals surface area contributed by atoms with Crippen LogP contribution in [0, 0.1) is 0 Å². The van der Waals surface area contributed by atoms with Crippen LogP contribution >= 0.6 is 15.9 Å². The molecule has 0 radical (unpaired) electrons. The van der Waals surface area contributed by atoms with Crippen molar-refractivity contribution < 1.29 is 13.9 Å². The van der Waals surface area contributed by atoms with Crippen LogP contribution in [0.1, 0.15) is 27.7 Å². The third kappa shape index (κ3) is 2.86. The molecule has 1 aromatic heterocycles. The number of carbonyl (C=O) groups is 1. The molecule has 1 aliphatic heterocycles. The summed E-state index contributed by atoms with van der Waals surface area (Å²) in [6.45, 7) is 4.01. The highest BCUT2D eigenvalue weighted by molar-refractivity contribution is 9.10. The molecule has 6 heteroatoms. The van der Waals surface area contributed by atoms with E-state index in [0.29, 0.717) is 28.9 Å². The van der Waals surface area contributed by atoms with Gasteiger partial charge in [-0.2, -0.15) is 0 Å². The van der Waals surface area contributed by atoms with E-state index in [1.54, 1.807) is 31.3 Å². The number of fused-ring (bicyclic) bond motifs is 2. The summed E-state index contributed by atoms with van der Waals surface area (Å²) in [5, 5.41) is 0.440. The van der Waals surface area contributed by atoms with Gasteiger partial charge in [0, 0.05) is 11.5 Å². The lowest BCUT2D eigenvalue weighted by Gasteiger charge is -2.20. The van der Waals surface area contributed by atoms with E-state index in [1.807, 2.05) is 24.3 Å². The van der Waals surface area contributed by atoms with Crippen molar-refractivity contribution in [3.05, 3.63) is 86.7 Å². The fourth-order valence-electron chi connectivity index (χ4n) is 3.38. The topological polar surface area (TPSA) is 59.8 Å². The second kappa shape index (κ2) is 6.70. The fraction of sp³-hybridized carbons (Fsp3) is 0.143. The van der Waals surface area contributed by atoms with Gasteiger partial charge in [0.25, 0.3) is 5.91 Å². The fourth-order valence-corrected chi connectivity index (χ4v) is 3.74.